The van der Waals surface area contributed by atoms with E-state index in [0.717, 1.165) is 6.42 Å². The minimum absolute atomic E-state index is 0.188. The van der Waals surface area contributed by atoms with Crippen LogP contribution in [0.3, 0.4) is 0 Å². The monoisotopic (exact) mass is 460 g/mol. The molecule has 0 saturated carbocycles. The predicted octanol–water partition coefficient (Wildman–Crippen LogP) is 8.04. The van der Waals surface area contributed by atoms with Crippen LogP contribution in [0.1, 0.15) is 111 Å². The predicted molar refractivity (Wildman–Crippen MR) is 118 cm³/mol. The van der Waals surface area contributed by atoms with Gasteiger partial charge in [0.25, 0.3) is 0 Å². The first-order valence-corrected chi connectivity index (χ1v) is 19.2. The van der Waals surface area contributed by atoms with Crippen molar-refractivity contribution in [1.29, 1.82) is 0 Å². The molecule has 1 atom stereocenters. The molecular formula is C23H48OSn. The van der Waals surface area contributed by atoms with Crippen LogP contribution in [0.25, 0.3) is 0 Å². The summed E-state index contributed by atoms with van der Waals surface area (Å²) in [5, 5.41) is 10.4. The van der Waals surface area contributed by atoms with Crippen LogP contribution < -0.4 is 0 Å². The summed E-state index contributed by atoms with van der Waals surface area (Å²) in [6.45, 7) is 9.25. The summed E-state index contributed by atoms with van der Waals surface area (Å²) in [5.41, 5.74) is 0. The van der Waals surface area contributed by atoms with Crippen molar-refractivity contribution < 1.29 is 5.11 Å². The molecule has 1 unspecified atom stereocenters. The van der Waals surface area contributed by atoms with Crippen molar-refractivity contribution in [3.63, 3.8) is 0 Å². The van der Waals surface area contributed by atoms with Gasteiger partial charge in [-0.2, -0.15) is 0 Å². The van der Waals surface area contributed by atoms with E-state index < -0.39 is 18.4 Å². The molecule has 0 aliphatic rings. The molecule has 0 bridgehead atoms. The first kappa shape index (κ1) is 25.5. The van der Waals surface area contributed by atoms with Crippen molar-refractivity contribution in [1.82, 2.24) is 0 Å². The Bertz CT molecular complexity index is 279. The molecule has 2 heteroatoms. The third-order valence-electron chi connectivity index (χ3n) is 5.61. The Morgan fingerprint density at radius 1 is 0.640 bits per heavy atom. The molecule has 150 valence electrons. The van der Waals surface area contributed by atoms with Crippen LogP contribution >= 0.6 is 0 Å². The molecule has 0 aliphatic heterocycles. The first-order valence-electron chi connectivity index (χ1n) is 11.5. The molecule has 0 aromatic carbocycles. The third kappa shape index (κ3) is 14.3. The number of unbranched alkanes of at least 4 members (excludes halogenated alkanes) is 8. The summed E-state index contributed by atoms with van der Waals surface area (Å²) in [6, 6.07) is 0. The molecule has 0 rings (SSSR count). The van der Waals surface area contributed by atoms with E-state index in [-0.39, 0.29) is 6.10 Å². The second-order valence-electron chi connectivity index (χ2n) is 8.16. The van der Waals surface area contributed by atoms with Crippen LogP contribution in [0.5, 0.6) is 0 Å². The van der Waals surface area contributed by atoms with Crippen molar-refractivity contribution in [2.24, 2.45) is 0 Å². The van der Waals surface area contributed by atoms with Gasteiger partial charge in [0.2, 0.25) is 0 Å². The quantitative estimate of drug-likeness (QED) is 0.162. The Labute approximate surface area is 163 Å². The van der Waals surface area contributed by atoms with Gasteiger partial charge >= 0.3 is 164 Å². The van der Waals surface area contributed by atoms with Crippen LogP contribution in [0.4, 0.5) is 0 Å². The number of aliphatic hydroxyl groups is 1. The molecule has 0 amide bonds. The summed E-state index contributed by atoms with van der Waals surface area (Å²) in [4.78, 5) is 0. The molecule has 0 aliphatic carbocycles. The average molecular weight is 459 g/mol. The molecule has 0 saturated heterocycles. The van der Waals surface area contributed by atoms with Crippen LogP contribution in [-0.4, -0.2) is 29.6 Å². The zero-order valence-electron chi connectivity index (χ0n) is 18.0. The Hall–Kier alpha value is 0.499. The van der Waals surface area contributed by atoms with E-state index >= 15 is 0 Å². The summed E-state index contributed by atoms with van der Waals surface area (Å²) in [6.07, 6.45) is 19.1. The Kier molecular flexibility index (Phi) is 18.2. The van der Waals surface area contributed by atoms with Gasteiger partial charge in [-0.25, -0.2) is 0 Å². The summed E-state index contributed by atoms with van der Waals surface area (Å²) < 4.78 is 7.15. The number of hydrogen-bond acceptors (Lipinski definition) is 1. The fraction of sp³-hybridized carbons (Fsp3) is 0.913. The van der Waals surface area contributed by atoms with E-state index in [1.165, 1.54) is 90.4 Å². The van der Waals surface area contributed by atoms with Gasteiger partial charge in [0.05, 0.1) is 0 Å². The first-order chi connectivity index (χ1) is 12.1. The molecule has 25 heavy (non-hydrogen) atoms. The molecule has 0 fully saturated rings. The maximum atomic E-state index is 10.4. The second-order valence-corrected chi connectivity index (χ2v) is 21.2. The van der Waals surface area contributed by atoms with E-state index in [1.54, 1.807) is 0 Å². The number of aliphatic hydroxyl groups excluding tert-OH is 1. The SMILES string of the molecule is CCCCCCCCC(O)C=[CH][Sn]([CH2]CCC)([CH2]CCC)[CH2]CCC. The fourth-order valence-electron chi connectivity index (χ4n) is 3.76. The van der Waals surface area contributed by atoms with E-state index in [1.807, 2.05) is 0 Å². The molecule has 0 radical (unpaired) electrons. The van der Waals surface area contributed by atoms with Gasteiger partial charge in [-0.05, 0) is 0 Å². The van der Waals surface area contributed by atoms with Crippen molar-refractivity contribution in [3.8, 4) is 0 Å². The molecular weight excluding hydrogens is 411 g/mol. The number of rotatable bonds is 18. The van der Waals surface area contributed by atoms with Gasteiger partial charge in [0, 0.05) is 0 Å². The van der Waals surface area contributed by atoms with Gasteiger partial charge in [-0.15, -0.1) is 0 Å². The third-order valence-corrected chi connectivity index (χ3v) is 19.7. The maximum absolute atomic E-state index is 10.4. The van der Waals surface area contributed by atoms with Gasteiger partial charge in [-0.3, -0.25) is 0 Å². The molecule has 0 aromatic rings. The molecule has 1 nitrogen and oxygen atoms in total. The minimum atomic E-state index is -2.18. The van der Waals surface area contributed by atoms with Crippen molar-refractivity contribution in [2.75, 3.05) is 0 Å². The molecule has 0 heterocycles. The van der Waals surface area contributed by atoms with Crippen molar-refractivity contribution >= 4 is 18.4 Å². The molecule has 1 N–H and O–H groups in total. The number of hydrogen-bond donors (Lipinski definition) is 1. The van der Waals surface area contributed by atoms with Crippen LogP contribution in [0.2, 0.25) is 13.3 Å². The zero-order chi connectivity index (χ0) is 18.8. The Balaban J connectivity index is 4.52. The second kappa shape index (κ2) is 17.9. The fourth-order valence-corrected chi connectivity index (χ4v) is 18.2. The van der Waals surface area contributed by atoms with E-state index in [9.17, 15) is 5.11 Å². The average Bonchev–Trinajstić information content (AvgIpc) is 2.63. The van der Waals surface area contributed by atoms with Gasteiger partial charge in [-0.1, -0.05) is 0 Å². The van der Waals surface area contributed by atoms with Crippen LogP contribution in [-0.2, 0) is 0 Å². The van der Waals surface area contributed by atoms with Gasteiger partial charge < -0.3 is 0 Å². The van der Waals surface area contributed by atoms with E-state index in [2.05, 4.69) is 37.9 Å². The molecule has 0 spiro atoms. The summed E-state index contributed by atoms with van der Waals surface area (Å²) in [7, 11) is 0. The van der Waals surface area contributed by atoms with Crippen molar-refractivity contribution in [2.45, 2.75) is 131 Å². The topological polar surface area (TPSA) is 20.2 Å². The van der Waals surface area contributed by atoms with E-state index in [4.69, 9.17) is 0 Å². The zero-order valence-corrected chi connectivity index (χ0v) is 20.8. The summed E-state index contributed by atoms with van der Waals surface area (Å²) >= 11 is -2.18. The van der Waals surface area contributed by atoms with E-state index in [0.29, 0.717) is 0 Å². The Morgan fingerprint density at radius 2 is 1.08 bits per heavy atom. The van der Waals surface area contributed by atoms with Gasteiger partial charge in [0.15, 0.2) is 0 Å². The van der Waals surface area contributed by atoms with Crippen molar-refractivity contribution in [3.05, 3.63) is 10.2 Å². The van der Waals surface area contributed by atoms with Crippen LogP contribution in [0.15, 0.2) is 10.2 Å². The standard InChI is InChI=1S/C11H21O.3C4H9.Sn/c1-3-5-6-7-8-9-10-11(12)4-2;3*1-3-4-2;/h2,4,11-12H,3,5-10H2,1H3;3*1,3-4H2,2H3;. The van der Waals surface area contributed by atoms with Gasteiger partial charge in [0.1, 0.15) is 0 Å². The normalized spacial score (nSPS) is 13.6. The Morgan fingerprint density at radius 3 is 1.56 bits per heavy atom. The van der Waals surface area contributed by atoms with Crippen LogP contribution in [0, 0.1) is 0 Å². The molecule has 0 aromatic heterocycles. The summed E-state index contributed by atoms with van der Waals surface area (Å²) in [5.74, 6) is 0.